The highest BCUT2D eigenvalue weighted by atomic mass is 35.5. The lowest BCUT2D eigenvalue weighted by Gasteiger charge is -1.98. The van der Waals surface area contributed by atoms with E-state index in [4.69, 9.17) is 20.5 Å². The Labute approximate surface area is 139 Å². The monoisotopic (exact) mass is 342 g/mol. The first kappa shape index (κ1) is 14.6. The topological polar surface area (TPSA) is 69.1 Å². The molecule has 4 aromatic rings. The molecule has 0 unspecified atom stereocenters. The molecule has 0 saturated carbocycles. The molecule has 4 rings (SSSR count). The predicted molar refractivity (Wildman–Crippen MR) is 86.2 cm³/mol. The van der Waals surface area contributed by atoms with Gasteiger partial charge in [-0.25, -0.2) is 9.18 Å². The molecule has 0 aliphatic rings. The molecule has 7 heteroatoms. The maximum atomic E-state index is 13.3. The van der Waals surface area contributed by atoms with Crippen molar-refractivity contribution < 1.29 is 13.3 Å². The van der Waals surface area contributed by atoms with Crippen LogP contribution in [0.3, 0.4) is 0 Å². The predicted octanol–water partition coefficient (Wildman–Crippen LogP) is 4.30. The van der Waals surface area contributed by atoms with Crippen molar-refractivity contribution >= 4 is 22.6 Å². The van der Waals surface area contributed by atoms with Crippen LogP contribution in [0.5, 0.6) is 0 Å². The maximum absolute atomic E-state index is 13.3. The second-order valence-corrected chi connectivity index (χ2v) is 5.50. The Hall–Kier alpha value is -2.99. The average Bonchev–Trinajstić information content (AvgIpc) is 3.05. The van der Waals surface area contributed by atoms with Crippen molar-refractivity contribution in [1.29, 1.82) is 0 Å². The van der Waals surface area contributed by atoms with E-state index in [1.165, 1.54) is 24.3 Å². The third-order valence-electron chi connectivity index (χ3n) is 3.45. The van der Waals surface area contributed by atoms with E-state index in [2.05, 4.69) is 10.1 Å². The van der Waals surface area contributed by atoms with Gasteiger partial charge < -0.3 is 8.94 Å². The molecule has 2 heterocycles. The first-order chi connectivity index (χ1) is 11.6. The van der Waals surface area contributed by atoms with Crippen molar-refractivity contribution in [2.24, 2.45) is 0 Å². The van der Waals surface area contributed by atoms with Crippen LogP contribution in [0.25, 0.3) is 33.8 Å². The molecule has 0 fully saturated rings. The number of hydrogen-bond donors (Lipinski definition) is 0. The van der Waals surface area contributed by atoms with Crippen molar-refractivity contribution in [3.63, 3.8) is 0 Å². The minimum absolute atomic E-state index is 0.000128. The Morgan fingerprint density at radius 2 is 1.83 bits per heavy atom. The molecule has 0 saturated heterocycles. The van der Waals surface area contributed by atoms with Gasteiger partial charge in [-0.3, -0.25) is 0 Å². The molecule has 0 amide bonds. The second-order valence-electron chi connectivity index (χ2n) is 5.06. The van der Waals surface area contributed by atoms with Crippen LogP contribution in [0.4, 0.5) is 4.39 Å². The normalized spacial score (nSPS) is 11.1. The van der Waals surface area contributed by atoms with E-state index in [1.807, 2.05) is 0 Å². The zero-order valence-electron chi connectivity index (χ0n) is 12.0. The molecule has 118 valence electrons. The van der Waals surface area contributed by atoms with Crippen molar-refractivity contribution in [3.8, 4) is 22.8 Å². The Morgan fingerprint density at radius 1 is 1.04 bits per heavy atom. The van der Waals surface area contributed by atoms with Gasteiger partial charge in [0.2, 0.25) is 5.82 Å². The van der Waals surface area contributed by atoms with Crippen LogP contribution in [0, 0.1) is 5.82 Å². The molecule has 0 atom stereocenters. The molecule has 2 aromatic heterocycles. The first-order valence-corrected chi connectivity index (χ1v) is 7.31. The largest absolute Gasteiger partial charge is 0.422 e. The van der Waals surface area contributed by atoms with Gasteiger partial charge in [0.05, 0.1) is 0 Å². The van der Waals surface area contributed by atoms with Gasteiger partial charge in [0.15, 0.2) is 0 Å². The van der Waals surface area contributed by atoms with Crippen LogP contribution in [0.15, 0.2) is 62.3 Å². The highest BCUT2D eigenvalue weighted by molar-refractivity contribution is 6.30. The van der Waals surface area contributed by atoms with Gasteiger partial charge >= 0.3 is 5.63 Å². The summed E-state index contributed by atoms with van der Waals surface area (Å²) in [6, 6.07) is 12.2. The molecule has 0 radical (unpaired) electrons. The van der Waals surface area contributed by atoms with Crippen LogP contribution in [-0.2, 0) is 0 Å². The lowest BCUT2D eigenvalue weighted by molar-refractivity contribution is 0.429. The zero-order chi connectivity index (χ0) is 16.7. The summed E-state index contributed by atoms with van der Waals surface area (Å²) in [6.45, 7) is 0. The summed E-state index contributed by atoms with van der Waals surface area (Å²) < 4.78 is 23.7. The lowest BCUT2D eigenvalue weighted by Crippen LogP contribution is -2.03. The quantitative estimate of drug-likeness (QED) is 0.508. The molecule has 0 aliphatic carbocycles. The Bertz CT molecular complexity index is 1100. The summed E-state index contributed by atoms with van der Waals surface area (Å²) >= 11 is 5.84. The molecule has 5 nitrogen and oxygen atoms in total. The van der Waals surface area contributed by atoms with Crippen LogP contribution in [0.2, 0.25) is 5.02 Å². The summed E-state index contributed by atoms with van der Waals surface area (Å²) in [5, 5.41) is 4.86. The van der Waals surface area contributed by atoms with Crippen LogP contribution >= 0.6 is 11.6 Å². The Kier molecular flexibility index (Phi) is 3.39. The average molecular weight is 343 g/mol. The van der Waals surface area contributed by atoms with Crippen molar-refractivity contribution in [1.82, 2.24) is 10.1 Å². The molecule has 0 spiro atoms. The summed E-state index contributed by atoms with van der Waals surface area (Å²) in [4.78, 5) is 16.3. The van der Waals surface area contributed by atoms with Crippen molar-refractivity contribution in [2.45, 2.75) is 0 Å². The smallest absolute Gasteiger partial charge is 0.349 e. The van der Waals surface area contributed by atoms with Crippen LogP contribution in [-0.4, -0.2) is 10.1 Å². The molecular formula is C17H8ClFN2O3. The van der Waals surface area contributed by atoms with Crippen LogP contribution < -0.4 is 5.63 Å². The minimum Gasteiger partial charge on any atom is -0.422 e. The molecule has 0 aliphatic heterocycles. The van der Waals surface area contributed by atoms with Gasteiger partial charge in [-0.2, -0.15) is 4.98 Å². The summed E-state index contributed by atoms with van der Waals surface area (Å²) in [7, 11) is 0. The third kappa shape index (κ3) is 2.57. The number of rotatable bonds is 2. The number of benzene rings is 2. The SMILES string of the molecule is O=c1oc2ccc(F)cc2cc1-c1nc(-c2ccc(Cl)cc2)no1. The van der Waals surface area contributed by atoms with E-state index in [9.17, 15) is 9.18 Å². The Balaban J connectivity index is 1.81. The van der Waals surface area contributed by atoms with E-state index < -0.39 is 11.4 Å². The fourth-order valence-electron chi connectivity index (χ4n) is 2.29. The molecular weight excluding hydrogens is 335 g/mol. The zero-order valence-corrected chi connectivity index (χ0v) is 12.7. The van der Waals surface area contributed by atoms with Gasteiger partial charge in [0.1, 0.15) is 17.0 Å². The first-order valence-electron chi connectivity index (χ1n) is 6.93. The fraction of sp³-hybridized carbons (Fsp3) is 0. The van der Waals surface area contributed by atoms with Gasteiger partial charge in [-0.15, -0.1) is 0 Å². The second kappa shape index (κ2) is 5.58. The Morgan fingerprint density at radius 3 is 2.62 bits per heavy atom. The maximum Gasteiger partial charge on any atom is 0.349 e. The van der Waals surface area contributed by atoms with E-state index >= 15 is 0 Å². The third-order valence-corrected chi connectivity index (χ3v) is 3.71. The van der Waals surface area contributed by atoms with Gasteiger partial charge in [0.25, 0.3) is 5.89 Å². The number of hydrogen-bond acceptors (Lipinski definition) is 5. The summed E-state index contributed by atoms with van der Waals surface area (Å²) in [5.41, 5.74) is 0.398. The van der Waals surface area contributed by atoms with Gasteiger partial charge in [-0.1, -0.05) is 16.8 Å². The number of aromatic nitrogens is 2. The van der Waals surface area contributed by atoms with E-state index in [0.29, 0.717) is 21.8 Å². The fourth-order valence-corrected chi connectivity index (χ4v) is 2.42. The lowest BCUT2D eigenvalue weighted by atomic mass is 10.2. The molecule has 0 bridgehead atoms. The van der Waals surface area contributed by atoms with Gasteiger partial charge in [0, 0.05) is 16.0 Å². The molecule has 24 heavy (non-hydrogen) atoms. The minimum atomic E-state index is -0.639. The number of nitrogens with zero attached hydrogens (tertiary/aromatic N) is 2. The standard InChI is InChI=1S/C17H8ClFN2O3/c18-11-3-1-9(2-4-11)15-20-16(24-21-15)13-8-10-7-12(19)5-6-14(10)23-17(13)22/h1-8H. The number of fused-ring (bicyclic) bond motifs is 1. The van der Waals surface area contributed by atoms with Crippen molar-refractivity contribution in [3.05, 3.63) is 69.8 Å². The van der Waals surface area contributed by atoms with Gasteiger partial charge in [-0.05, 0) is 48.5 Å². The highest BCUT2D eigenvalue weighted by Crippen LogP contribution is 2.24. The van der Waals surface area contributed by atoms with E-state index in [0.717, 1.165) is 0 Å². The number of halogens is 2. The highest BCUT2D eigenvalue weighted by Gasteiger charge is 2.16. The van der Waals surface area contributed by atoms with Crippen LogP contribution in [0.1, 0.15) is 0 Å². The van der Waals surface area contributed by atoms with E-state index in [1.54, 1.807) is 24.3 Å². The molecule has 2 aromatic carbocycles. The summed E-state index contributed by atoms with van der Waals surface area (Å²) in [5.74, 6) is -0.130. The summed E-state index contributed by atoms with van der Waals surface area (Å²) in [6.07, 6.45) is 0. The van der Waals surface area contributed by atoms with E-state index in [-0.39, 0.29) is 17.0 Å². The molecule has 0 N–H and O–H groups in total. The van der Waals surface area contributed by atoms with Crippen molar-refractivity contribution in [2.75, 3.05) is 0 Å².